The Labute approximate surface area is 72.9 Å². The zero-order valence-electron chi connectivity index (χ0n) is 7.67. The first-order valence-electron chi connectivity index (χ1n) is 4.18. The molecule has 0 aliphatic rings. The molecule has 0 saturated heterocycles. The highest BCUT2D eigenvalue weighted by molar-refractivity contribution is 5.77. The topological polar surface area (TPSA) is 58.6 Å². The van der Waals surface area contributed by atoms with E-state index in [9.17, 15) is 4.79 Å². The highest BCUT2D eigenvalue weighted by atomic mass is 16.5. The van der Waals surface area contributed by atoms with Crippen molar-refractivity contribution in [3.63, 3.8) is 0 Å². The van der Waals surface area contributed by atoms with Crippen LogP contribution in [-0.2, 0) is 9.53 Å². The molecule has 0 spiro atoms. The van der Waals surface area contributed by atoms with Gasteiger partial charge in [-0.1, -0.05) is 6.92 Å². The van der Waals surface area contributed by atoms with E-state index in [1.54, 1.807) is 6.92 Å². The Morgan fingerprint density at radius 1 is 1.67 bits per heavy atom. The summed E-state index contributed by atoms with van der Waals surface area (Å²) in [5, 5.41) is 11.2. The molecule has 0 aromatic heterocycles. The zero-order chi connectivity index (χ0) is 9.40. The lowest BCUT2D eigenvalue weighted by Crippen LogP contribution is -2.37. The molecule has 4 nitrogen and oxygen atoms in total. The molecular formula is C8H17NO3. The summed E-state index contributed by atoms with van der Waals surface area (Å²) < 4.78 is 5.00. The van der Waals surface area contributed by atoms with Crippen LogP contribution >= 0.6 is 0 Å². The van der Waals surface area contributed by atoms with Crippen molar-refractivity contribution in [2.75, 3.05) is 19.8 Å². The monoisotopic (exact) mass is 175 g/mol. The summed E-state index contributed by atoms with van der Waals surface area (Å²) in [6.45, 7) is 4.35. The minimum absolute atomic E-state index is 0.0421. The summed E-state index contributed by atoms with van der Waals surface area (Å²) >= 11 is 0. The average Bonchev–Trinajstić information content (AvgIpc) is 2.05. The van der Waals surface area contributed by atoms with Crippen LogP contribution in [0.15, 0.2) is 0 Å². The van der Waals surface area contributed by atoms with E-state index in [1.165, 1.54) is 0 Å². The normalized spacial score (nSPS) is 12.6. The van der Waals surface area contributed by atoms with Crippen LogP contribution in [0.3, 0.4) is 0 Å². The number of carbonyl (C=O) groups is 1. The Hall–Kier alpha value is -0.610. The smallest absolute Gasteiger partial charge is 0.246 e. The molecule has 0 radical (unpaired) electrons. The summed E-state index contributed by atoms with van der Waals surface area (Å²) in [7, 11) is 0. The number of carbonyl (C=O) groups excluding carboxylic acids is 1. The number of rotatable bonds is 6. The third-order valence-corrected chi connectivity index (χ3v) is 1.26. The molecule has 72 valence electrons. The van der Waals surface area contributed by atoms with E-state index in [0.29, 0.717) is 6.61 Å². The quantitative estimate of drug-likeness (QED) is 0.555. The van der Waals surface area contributed by atoms with E-state index in [1.807, 2.05) is 6.92 Å². The molecule has 0 saturated carbocycles. The summed E-state index contributed by atoms with van der Waals surface area (Å²) in [4.78, 5) is 10.9. The molecule has 1 amide bonds. The molecular weight excluding hydrogens is 158 g/mol. The van der Waals surface area contributed by atoms with Gasteiger partial charge in [0.05, 0.1) is 6.61 Å². The van der Waals surface area contributed by atoms with Crippen LogP contribution in [0.25, 0.3) is 0 Å². The van der Waals surface area contributed by atoms with E-state index < -0.39 is 0 Å². The summed E-state index contributed by atoms with van der Waals surface area (Å²) in [6, 6.07) is -0.192. The maximum absolute atomic E-state index is 10.9. The molecule has 0 rings (SSSR count). The lowest BCUT2D eigenvalue weighted by Gasteiger charge is -2.10. The van der Waals surface area contributed by atoms with Crippen molar-refractivity contribution < 1.29 is 14.6 Å². The Bertz CT molecular complexity index is 127. The van der Waals surface area contributed by atoms with Crippen LogP contribution in [0.4, 0.5) is 0 Å². The second-order valence-electron chi connectivity index (χ2n) is 2.70. The van der Waals surface area contributed by atoms with Crippen molar-refractivity contribution in [1.82, 2.24) is 5.32 Å². The molecule has 0 aliphatic heterocycles. The van der Waals surface area contributed by atoms with Crippen LogP contribution in [-0.4, -0.2) is 36.9 Å². The number of nitrogens with one attached hydrogen (secondary N) is 1. The molecule has 0 heterocycles. The van der Waals surface area contributed by atoms with Gasteiger partial charge in [-0.3, -0.25) is 4.79 Å². The molecule has 0 fully saturated rings. The molecule has 12 heavy (non-hydrogen) atoms. The first-order chi connectivity index (χ1) is 5.70. The van der Waals surface area contributed by atoms with Gasteiger partial charge >= 0.3 is 0 Å². The Kier molecular flexibility index (Phi) is 6.70. The summed E-state index contributed by atoms with van der Waals surface area (Å²) in [6.07, 6.45) is 0.906. The minimum Gasteiger partial charge on any atom is -0.394 e. The number of hydrogen-bond donors (Lipinski definition) is 2. The van der Waals surface area contributed by atoms with Crippen LogP contribution in [0.2, 0.25) is 0 Å². The molecule has 0 unspecified atom stereocenters. The first kappa shape index (κ1) is 11.4. The lowest BCUT2D eigenvalue weighted by atomic mass is 10.3. The Morgan fingerprint density at radius 2 is 2.33 bits per heavy atom. The highest BCUT2D eigenvalue weighted by Crippen LogP contribution is 1.82. The Balaban J connectivity index is 3.33. The van der Waals surface area contributed by atoms with Gasteiger partial charge in [0.2, 0.25) is 5.91 Å². The van der Waals surface area contributed by atoms with Crippen LogP contribution in [0, 0.1) is 0 Å². The van der Waals surface area contributed by atoms with E-state index >= 15 is 0 Å². The average molecular weight is 175 g/mol. The number of hydrogen-bond acceptors (Lipinski definition) is 3. The van der Waals surface area contributed by atoms with Gasteiger partial charge < -0.3 is 15.2 Å². The fraction of sp³-hybridized carbons (Fsp3) is 0.875. The van der Waals surface area contributed by atoms with Gasteiger partial charge in [0.15, 0.2) is 0 Å². The highest BCUT2D eigenvalue weighted by Gasteiger charge is 2.04. The molecule has 0 aromatic rings. The minimum atomic E-state index is -0.192. The van der Waals surface area contributed by atoms with E-state index in [4.69, 9.17) is 9.84 Å². The zero-order valence-corrected chi connectivity index (χ0v) is 7.67. The van der Waals surface area contributed by atoms with Crippen molar-refractivity contribution >= 4 is 5.91 Å². The van der Waals surface area contributed by atoms with E-state index in [2.05, 4.69) is 5.32 Å². The van der Waals surface area contributed by atoms with E-state index in [-0.39, 0.29) is 25.2 Å². The van der Waals surface area contributed by atoms with Crippen molar-refractivity contribution in [3.8, 4) is 0 Å². The van der Waals surface area contributed by atoms with Gasteiger partial charge in [0.1, 0.15) is 6.61 Å². The Morgan fingerprint density at radius 3 is 2.83 bits per heavy atom. The number of ether oxygens (including phenoxy) is 1. The van der Waals surface area contributed by atoms with Crippen LogP contribution in [0.1, 0.15) is 20.3 Å². The third kappa shape index (κ3) is 6.12. The van der Waals surface area contributed by atoms with Crippen LogP contribution < -0.4 is 5.32 Å². The second kappa shape index (κ2) is 7.06. The second-order valence-corrected chi connectivity index (χ2v) is 2.70. The molecule has 4 heteroatoms. The van der Waals surface area contributed by atoms with Crippen molar-refractivity contribution in [2.45, 2.75) is 26.3 Å². The van der Waals surface area contributed by atoms with Crippen LogP contribution in [0.5, 0.6) is 0 Å². The SMILES string of the molecule is CCCOCC(=O)N[C@H](C)CO. The molecule has 2 N–H and O–H groups in total. The molecule has 0 aliphatic carbocycles. The summed E-state index contributed by atoms with van der Waals surface area (Å²) in [5.74, 6) is -0.176. The largest absolute Gasteiger partial charge is 0.394 e. The van der Waals surface area contributed by atoms with Gasteiger partial charge in [0, 0.05) is 12.6 Å². The number of aliphatic hydroxyl groups is 1. The first-order valence-corrected chi connectivity index (χ1v) is 4.18. The van der Waals surface area contributed by atoms with Gasteiger partial charge in [-0.2, -0.15) is 0 Å². The van der Waals surface area contributed by atoms with Gasteiger partial charge in [-0.15, -0.1) is 0 Å². The van der Waals surface area contributed by atoms with Crippen molar-refractivity contribution in [2.24, 2.45) is 0 Å². The number of amides is 1. The maximum atomic E-state index is 10.9. The third-order valence-electron chi connectivity index (χ3n) is 1.26. The van der Waals surface area contributed by atoms with Gasteiger partial charge in [-0.25, -0.2) is 0 Å². The molecule has 1 atom stereocenters. The predicted molar refractivity (Wildman–Crippen MR) is 45.8 cm³/mol. The fourth-order valence-corrected chi connectivity index (χ4v) is 0.671. The van der Waals surface area contributed by atoms with Gasteiger partial charge in [-0.05, 0) is 13.3 Å². The summed E-state index contributed by atoms with van der Waals surface area (Å²) in [5.41, 5.74) is 0. The fourth-order valence-electron chi connectivity index (χ4n) is 0.671. The van der Waals surface area contributed by atoms with Crippen molar-refractivity contribution in [3.05, 3.63) is 0 Å². The van der Waals surface area contributed by atoms with Gasteiger partial charge in [0.25, 0.3) is 0 Å². The number of aliphatic hydroxyl groups excluding tert-OH is 1. The predicted octanol–water partition coefficient (Wildman–Crippen LogP) is -0.0900. The van der Waals surface area contributed by atoms with E-state index in [0.717, 1.165) is 6.42 Å². The molecule has 0 bridgehead atoms. The maximum Gasteiger partial charge on any atom is 0.246 e. The standard InChI is InChI=1S/C8H17NO3/c1-3-4-12-6-8(11)9-7(2)5-10/h7,10H,3-6H2,1-2H3,(H,9,11)/t7-/m1/s1. The lowest BCUT2D eigenvalue weighted by molar-refractivity contribution is -0.126. The molecule has 0 aromatic carbocycles. The van der Waals surface area contributed by atoms with Crippen molar-refractivity contribution in [1.29, 1.82) is 0 Å².